The molecule has 1 heterocycles. The van der Waals surface area contributed by atoms with Crippen LogP contribution in [0, 0.1) is 0 Å². The monoisotopic (exact) mass is 157 g/mol. The number of aromatic nitrogens is 2. The van der Waals surface area contributed by atoms with Crippen LogP contribution in [-0.2, 0) is 0 Å². The molecule has 0 radical (unpaired) electrons. The minimum absolute atomic E-state index is 0.979. The van der Waals surface area contributed by atoms with Gasteiger partial charge in [-0.3, -0.25) is 0 Å². The maximum absolute atomic E-state index is 3.93. The van der Waals surface area contributed by atoms with Crippen LogP contribution in [0.3, 0.4) is 0 Å². The lowest BCUT2D eigenvalue weighted by molar-refractivity contribution is 0.833. The number of nitrogens with zero attached hydrogens (tertiary/aromatic N) is 3. The molecular formula is C6H11N3S. The van der Waals surface area contributed by atoms with Crippen molar-refractivity contribution in [1.82, 2.24) is 9.59 Å². The molecule has 0 unspecified atom stereocenters. The number of hydrogen-bond donors (Lipinski definition) is 0. The molecule has 0 bridgehead atoms. The van der Waals surface area contributed by atoms with Gasteiger partial charge in [-0.05, 0) is 18.0 Å². The Morgan fingerprint density at radius 1 is 1.70 bits per heavy atom. The second-order valence-electron chi connectivity index (χ2n) is 2.18. The van der Waals surface area contributed by atoms with Crippen LogP contribution < -0.4 is 4.90 Å². The second-order valence-corrected chi connectivity index (χ2v) is 2.79. The Balaban J connectivity index is 2.50. The molecule has 0 aliphatic heterocycles. The van der Waals surface area contributed by atoms with Crippen LogP contribution in [0.5, 0.6) is 0 Å². The summed E-state index contributed by atoms with van der Waals surface area (Å²) < 4.78 is 3.78. The van der Waals surface area contributed by atoms with Gasteiger partial charge in [-0.25, -0.2) is 0 Å². The normalized spacial score (nSPS) is 9.80. The number of anilines is 1. The maximum Gasteiger partial charge on any atom is 0.163 e. The standard InChI is InChI=1S/C6H11N3S/c1-3-4-9(2)6-5-10-8-7-6/h5H,3-4H2,1-2H3. The SMILES string of the molecule is CCCN(C)c1csnn1. The lowest BCUT2D eigenvalue weighted by atomic mass is 10.4. The summed E-state index contributed by atoms with van der Waals surface area (Å²) in [4.78, 5) is 2.10. The van der Waals surface area contributed by atoms with Gasteiger partial charge in [0.2, 0.25) is 0 Å². The van der Waals surface area contributed by atoms with Crippen molar-refractivity contribution < 1.29 is 0 Å². The summed E-state index contributed by atoms with van der Waals surface area (Å²) in [6, 6.07) is 0. The first-order chi connectivity index (χ1) is 4.84. The first-order valence-corrected chi connectivity index (χ1v) is 4.16. The van der Waals surface area contributed by atoms with Gasteiger partial charge in [-0.15, -0.1) is 5.10 Å². The zero-order chi connectivity index (χ0) is 7.40. The zero-order valence-electron chi connectivity index (χ0n) is 6.24. The van der Waals surface area contributed by atoms with Gasteiger partial charge in [0.25, 0.3) is 0 Å². The number of rotatable bonds is 3. The van der Waals surface area contributed by atoms with Gasteiger partial charge in [-0.2, -0.15) is 0 Å². The van der Waals surface area contributed by atoms with Gasteiger partial charge >= 0.3 is 0 Å². The van der Waals surface area contributed by atoms with Crippen molar-refractivity contribution in [3.63, 3.8) is 0 Å². The van der Waals surface area contributed by atoms with E-state index in [-0.39, 0.29) is 0 Å². The van der Waals surface area contributed by atoms with Crippen LogP contribution in [0.4, 0.5) is 5.82 Å². The Morgan fingerprint density at radius 2 is 2.50 bits per heavy atom. The zero-order valence-corrected chi connectivity index (χ0v) is 7.06. The topological polar surface area (TPSA) is 29.0 Å². The predicted octanol–water partition coefficient (Wildman–Crippen LogP) is 1.38. The second kappa shape index (κ2) is 3.51. The van der Waals surface area contributed by atoms with Gasteiger partial charge in [0.1, 0.15) is 0 Å². The summed E-state index contributed by atoms with van der Waals surface area (Å²) in [6.07, 6.45) is 1.15. The van der Waals surface area contributed by atoms with E-state index in [1.807, 2.05) is 12.4 Å². The summed E-state index contributed by atoms with van der Waals surface area (Å²) in [5.41, 5.74) is 0. The van der Waals surface area contributed by atoms with Gasteiger partial charge < -0.3 is 4.90 Å². The van der Waals surface area contributed by atoms with Gasteiger partial charge in [0.15, 0.2) is 5.82 Å². The molecule has 0 aromatic carbocycles. The molecule has 0 saturated heterocycles. The first kappa shape index (κ1) is 7.47. The van der Waals surface area contributed by atoms with Crippen LogP contribution in [0.2, 0.25) is 0 Å². The molecule has 0 saturated carbocycles. The summed E-state index contributed by atoms with van der Waals surface area (Å²) in [7, 11) is 2.03. The van der Waals surface area contributed by atoms with E-state index in [4.69, 9.17) is 0 Å². The predicted molar refractivity (Wildman–Crippen MR) is 43.5 cm³/mol. The average Bonchev–Trinajstić information content (AvgIpc) is 2.38. The van der Waals surface area contributed by atoms with Crippen molar-refractivity contribution in [2.75, 3.05) is 18.5 Å². The lowest BCUT2D eigenvalue weighted by Gasteiger charge is -2.12. The van der Waals surface area contributed by atoms with E-state index >= 15 is 0 Å². The lowest BCUT2D eigenvalue weighted by Crippen LogP contribution is -2.17. The largest absolute Gasteiger partial charge is 0.357 e. The molecular weight excluding hydrogens is 146 g/mol. The summed E-state index contributed by atoms with van der Waals surface area (Å²) in [6.45, 7) is 3.20. The minimum Gasteiger partial charge on any atom is -0.357 e. The molecule has 0 fully saturated rings. The maximum atomic E-state index is 3.93. The molecule has 0 aliphatic rings. The summed E-state index contributed by atoms with van der Waals surface area (Å²) >= 11 is 1.39. The van der Waals surface area contributed by atoms with Crippen LogP contribution >= 0.6 is 11.5 Å². The molecule has 4 heteroatoms. The third-order valence-corrected chi connectivity index (χ3v) is 1.79. The Hall–Kier alpha value is -0.640. The van der Waals surface area contributed by atoms with Crippen molar-refractivity contribution in [3.8, 4) is 0 Å². The third-order valence-electron chi connectivity index (χ3n) is 1.30. The molecule has 3 nitrogen and oxygen atoms in total. The molecule has 1 aromatic rings. The molecule has 0 amide bonds. The summed E-state index contributed by atoms with van der Waals surface area (Å²) in [5.74, 6) is 0.979. The van der Waals surface area contributed by atoms with E-state index in [2.05, 4.69) is 21.4 Å². The molecule has 0 atom stereocenters. The fourth-order valence-corrected chi connectivity index (χ4v) is 1.28. The van der Waals surface area contributed by atoms with Crippen LogP contribution in [0.25, 0.3) is 0 Å². The molecule has 0 N–H and O–H groups in total. The van der Waals surface area contributed by atoms with E-state index in [1.54, 1.807) is 0 Å². The highest BCUT2D eigenvalue weighted by Gasteiger charge is 1.99. The van der Waals surface area contributed by atoms with Crippen molar-refractivity contribution in [2.45, 2.75) is 13.3 Å². The minimum atomic E-state index is 0.979. The van der Waals surface area contributed by atoms with Gasteiger partial charge in [-0.1, -0.05) is 11.4 Å². The number of hydrogen-bond acceptors (Lipinski definition) is 4. The van der Waals surface area contributed by atoms with Crippen molar-refractivity contribution in [1.29, 1.82) is 0 Å². The summed E-state index contributed by atoms with van der Waals surface area (Å²) in [5, 5.41) is 5.88. The first-order valence-electron chi connectivity index (χ1n) is 3.32. The smallest absolute Gasteiger partial charge is 0.163 e. The van der Waals surface area contributed by atoms with Crippen molar-refractivity contribution in [3.05, 3.63) is 5.38 Å². The fraction of sp³-hybridized carbons (Fsp3) is 0.667. The molecule has 1 rings (SSSR count). The Labute approximate surface area is 64.8 Å². The van der Waals surface area contributed by atoms with E-state index in [0.29, 0.717) is 0 Å². The van der Waals surface area contributed by atoms with E-state index < -0.39 is 0 Å². The quantitative estimate of drug-likeness (QED) is 0.664. The highest BCUT2D eigenvalue weighted by Crippen LogP contribution is 2.08. The highest BCUT2D eigenvalue weighted by molar-refractivity contribution is 7.03. The van der Waals surface area contributed by atoms with E-state index in [9.17, 15) is 0 Å². The fourth-order valence-electron chi connectivity index (χ4n) is 0.776. The van der Waals surface area contributed by atoms with Crippen molar-refractivity contribution in [2.24, 2.45) is 0 Å². The molecule has 0 aliphatic carbocycles. The van der Waals surface area contributed by atoms with Crippen LogP contribution in [0.15, 0.2) is 5.38 Å². The van der Waals surface area contributed by atoms with E-state index in [1.165, 1.54) is 11.5 Å². The van der Waals surface area contributed by atoms with E-state index in [0.717, 1.165) is 18.8 Å². The average molecular weight is 157 g/mol. The third kappa shape index (κ3) is 1.67. The molecule has 0 spiro atoms. The van der Waals surface area contributed by atoms with Crippen LogP contribution in [-0.4, -0.2) is 23.2 Å². The highest BCUT2D eigenvalue weighted by atomic mass is 32.1. The molecule has 1 aromatic heterocycles. The van der Waals surface area contributed by atoms with Crippen molar-refractivity contribution >= 4 is 17.4 Å². The van der Waals surface area contributed by atoms with Crippen LogP contribution in [0.1, 0.15) is 13.3 Å². The molecule has 56 valence electrons. The Kier molecular flexibility index (Phi) is 2.62. The Morgan fingerprint density at radius 3 is 3.00 bits per heavy atom. The Bertz CT molecular complexity index is 173. The van der Waals surface area contributed by atoms with Gasteiger partial charge in [0, 0.05) is 13.6 Å². The molecule has 10 heavy (non-hydrogen) atoms. The van der Waals surface area contributed by atoms with Gasteiger partial charge in [0.05, 0.1) is 5.38 Å².